The molecule has 0 aromatic carbocycles. The number of hydrogen-bond acceptors (Lipinski definition) is 5. The quantitative estimate of drug-likeness (QED) is 0.817. The molecule has 6 nitrogen and oxygen atoms in total. The van der Waals surface area contributed by atoms with Crippen LogP contribution in [0, 0.1) is 5.92 Å². The molecule has 1 N–H and O–H groups in total. The highest BCUT2D eigenvalue weighted by Gasteiger charge is 2.27. The molecule has 3 rings (SSSR count). The molecule has 1 amide bonds. The predicted molar refractivity (Wildman–Crippen MR) is 109 cm³/mol. The second-order valence-electron chi connectivity index (χ2n) is 7.06. The summed E-state index contributed by atoms with van der Waals surface area (Å²) in [6.45, 7) is 4.05. The third kappa shape index (κ3) is 6.25. The van der Waals surface area contributed by atoms with Crippen LogP contribution in [0.1, 0.15) is 38.5 Å². The zero-order valence-electron chi connectivity index (χ0n) is 15.5. The van der Waals surface area contributed by atoms with Crippen LogP contribution < -0.4 is 10.2 Å². The number of hydrogen-bond donors (Lipinski definition) is 1. The number of piperidine rings is 2. The van der Waals surface area contributed by atoms with E-state index in [-0.39, 0.29) is 30.9 Å². The van der Waals surface area contributed by atoms with Gasteiger partial charge in [-0.1, -0.05) is 0 Å². The number of nitrogens with one attached hydrogen (secondary N) is 1. The molecule has 8 heteroatoms. The van der Waals surface area contributed by atoms with E-state index in [1.54, 1.807) is 6.20 Å². The number of carbonyl (C=O) groups is 1. The normalized spacial score (nSPS) is 20.7. The number of amides is 1. The highest BCUT2D eigenvalue weighted by atomic mass is 35.5. The molecule has 1 unspecified atom stereocenters. The molecule has 0 bridgehead atoms. The van der Waals surface area contributed by atoms with Gasteiger partial charge in [-0.2, -0.15) is 5.10 Å². The largest absolute Gasteiger partial charge is 0.353 e. The maximum absolute atomic E-state index is 12.6. The van der Waals surface area contributed by atoms with E-state index in [0.717, 1.165) is 51.3 Å². The summed E-state index contributed by atoms with van der Waals surface area (Å²) in [5.74, 6) is 1.92. The fourth-order valence-corrected chi connectivity index (χ4v) is 3.82. The summed E-state index contributed by atoms with van der Waals surface area (Å²) in [4.78, 5) is 16.8. The van der Waals surface area contributed by atoms with Gasteiger partial charge in [0.1, 0.15) is 0 Å². The lowest BCUT2D eigenvalue weighted by Crippen LogP contribution is -2.49. The van der Waals surface area contributed by atoms with Crippen LogP contribution in [0.15, 0.2) is 18.3 Å². The highest BCUT2D eigenvalue weighted by Crippen LogP contribution is 2.22. The first-order valence-electron chi connectivity index (χ1n) is 9.23. The van der Waals surface area contributed by atoms with Crippen LogP contribution in [-0.4, -0.2) is 60.3 Å². The van der Waals surface area contributed by atoms with Gasteiger partial charge < -0.3 is 15.1 Å². The monoisotopic (exact) mass is 403 g/mol. The number of halogens is 2. The van der Waals surface area contributed by atoms with Gasteiger partial charge in [0.2, 0.25) is 5.91 Å². The summed E-state index contributed by atoms with van der Waals surface area (Å²) in [5.41, 5.74) is 0. The van der Waals surface area contributed by atoms with Crippen LogP contribution in [0.3, 0.4) is 0 Å². The van der Waals surface area contributed by atoms with Gasteiger partial charge in [0.25, 0.3) is 0 Å². The van der Waals surface area contributed by atoms with Crippen LogP contribution in [0.25, 0.3) is 0 Å². The van der Waals surface area contributed by atoms with Gasteiger partial charge in [-0.25, -0.2) is 0 Å². The highest BCUT2D eigenvalue weighted by molar-refractivity contribution is 5.85. The van der Waals surface area contributed by atoms with Gasteiger partial charge in [0, 0.05) is 38.8 Å². The van der Waals surface area contributed by atoms with Crippen molar-refractivity contribution in [2.24, 2.45) is 5.92 Å². The van der Waals surface area contributed by atoms with Gasteiger partial charge in [-0.05, 0) is 63.2 Å². The van der Waals surface area contributed by atoms with E-state index in [1.807, 2.05) is 24.1 Å². The van der Waals surface area contributed by atoms with Crippen LogP contribution >= 0.6 is 24.8 Å². The van der Waals surface area contributed by atoms with E-state index in [4.69, 9.17) is 0 Å². The van der Waals surface area contributed by atoms with Gasteiger partial charge in [0.15, 0.2) is 5.82 Å². The van der Waals surface area contributed by atoms with E-state index >= 15 is 0 Å². The molecule has 0 spiro atoms. The van der Waals surface area contributed by atoms with Gasteiger partial charge in [-0.3, -0.25) is 4.79 Å². The maximum Gasteiger partial charge on any atom is 0.222 e. The van der Waals surface area contributed by atoms with Crippen molar-refractivity contribution in [1.82, 2.24) is 20.4 Å². The fraction of sp³-hybridized carbons (Fsp3) is 0.722. The molecule has 2 aliphatic rings. The molecule has 26 heavy (non-hydrogen) atoms. The zero-order chi connectivity index (χ0) is 16.8. The molecule has 3 heterocycles. The Morgan fingerprint density at radius 2 is 2.08 bits per heavy atom. The van der Waals surface area contributed by atoms with E-state index < -0.39 is 0 Å². The van der Waals surface area contributed by atoms with Crippen molar-refractivity contribution in [2.45, 2.75) is 44.6 Å². The molecule has 1 aromatic rings. The maximum atomic E-state index is 12.6. The van der Waals surface area contributed by atoms with Crippen LogP contribution in [0.5, 0.6) is 0 Å². The molecule has 1 aromatic heterocycles. The second kappa shape index (κ2) is 11.6. The van der Waals surface area contributed by atoms with Crippen LogP contribution in [0.4, 0.5) is 5.82 Å². The Balaban J connectivity index is 0.00000169. The van der Waals surface area contributed by atoms with Gasteiger partial charge in [-0.15, -0.1) is 29.9 Å². The first kappa shape index (κ1) is 22.9. The standard InChI is InChI=1S/C18H29N5O.2ClH/c1-22(18(24)7-6-15-8-11-19-12-9-15)16-4-3-13-23(14-16)17-5-2-10-20-21-17;;/h2,5,10,15-16,19H,3-4,6-9,11-14H2,1H3;2*1H. The lowest BCUT2D eigenvalue weighted by Gasteiger charge is -2.38. The van der Waals surface area contributed by atoms with E-state index in [9.17, 15) is 4.79 Å². The predicted octanol–water partition coefficient (Wildman–Crippen LogP) is 2.53. The van der Waals surface area contributed by atoms with Crippen molar-refractivity contribution < 1.29 is 4.79 Å². The molecule has 0 saturated carbocycles. The van der Waals surface area contributed by atoms with Crippen molar-refractivity contribution in [2.75, 3.05) is 38.1 Å². The number of carbonyl (C=O) groups excluding carboxylic acids is 1. The molecule has 1 atom stereocenters. The molecular weight excluding hydrogens is 373 g/mol. The zero-order valence-corrected chi connectivity index (χ0v) is 17.1. The third-order valence-electron chi connectivity index (χ3n) is 5.45. The van der Waals surface area contributed by atoms with Crippen molar-refractivity contribution >= 4 is 36.5 Å². The van der Waals surface area contributed by atoms with Crippen molar-refractivity contribution in [1.29, 1.82) is 0 Å². The Labute approximate surface area is 168 Å². The SMILES string of the molecule is CN(C(=O)CCC1CCNCC1)C1CCCN(c2cccnn2)C1.Cl.Cl. The number of aromatic nitrogens is 2. The van der Waals surface area contributed by atoms with Crippen LogP contribution in [0.2, 0.25) is 0 Å². The Bertz CT molecular complexity index is 528. The number of anilines is 1. The Hall–Kier alpha value is -1.11. The van der Waals surface area contributed by atoms with Crippen molar-refractivity contribution in [3.63, 3.8) is 0 Å². The number of likely N-dealkylation sites (N-methyl/N-ethyl adjacent to an activating group) is 1. The Kier molecular flexibility index (Phi) is 10.2. The number of rotatable bonds is 5. The first-order chi connectivity index (χ1) is 11.7. The molecule has 148 valence electrons. The summed E-state index contributed by atoms with van der Waals surface area (Å²) < 4.78 is 0. The summed E-state index contributed by atoms with van der Waals surface area (Å²) in [6.07, 6.45) is 8.00. The lowest BCUT2D eigenvalue weighted by molar-refractivity contribution is -0.132. The molecule has 2 saturated heterocycles. The second-order valence-corrected chi connectivity index (χ2v) is 7.06. The summed E-state index contributed by atoms with van der Waals surface area (Å²) in [7, 11) is 1.97. The third-order valence-corrected chi connectivity index (χ3v) is 5.45. The number of nitrogens with zero attached hydrogens (tertiary/aromatic N) is 4. The Morgan fingerprint density at radius 1 is 1.31 bits per heavy atom. The average molecular weight is 404 g/mol. The summed E-state index contributed by atoms with van der Waals surface area (Å²) in [6, 6.07) is 4.19. The topological polar surface area (TPSA) is 61.4 Å². The van der Waals surface area contributed by atoms with Gasteiger partial charge >= 0.3 is 0 Å². The summed E-state index contributed by atoms with van der Waals surface area (Å²) in [5, 5.41) is 11.6. The van der Waals surface area contributed by atoms with Crippen molar-refractivity contribution in [3.8, 4) is 0 Å². The smallest absolute Gasteiger partial charge is 0.222 e. The molecular formula is C18H31Cl2N5O. The Morgan fingerprint density at radius 3 is 2.77 bits per heavy atom. The van der Waals surface area contributed by atoms with E-state index in [1.165, 1.54) is 12.8 Å². The molecule has 2 aliphatic heterocycles. The minimum absolute atomic E-state index is 0. The van der Waals surface area contributed by atoms with Crippen LogP contribution in [-0.2, 0) is 4.79 Å². The van der Waals surface area contributed by atoms with E-state index in [2.05, 4.69) is 20.4 Å². The minimum atomic E-state index is 0. The van der Waals surface area contributed by atoms with Crippen molar-refractivity contribution in [3.05, 3.63) is 18.3 Å². The van der Waals surface area contributed by atoms with Gasteiger partial charge in [0.05, 0.1) is 0 Å². The minimum Gasteiger partial charge on any atom is -0.353 e. The first-order valence-corrected chi connectivity index (χ1v) is 9.23. The fourth-order valence-electron chi connectivity index (χ4n) is 3.82. The average Bonchev–Trinajstić information content (AvgIpc) is 2.67. The van der Waals surface area contributed by atoms with E-state index in [0.29, 0.717) is 18.2 Å². The molecule has 2 fully saturated rings. The summed E-state index contributed by atoms with van der Waals surface area (Å²) >= 11 is 0. The molecule has 0 aliphatic carbocycles. The lowest BCUT2D eigenvalue weighted by atomic mass is 9.93. The molecule has 0 radical (unpaired) electrons.